The van der Waals surface area contributed by atoms with Crippen LogP contribution in [0.1, 0.15) is 25.7 Å². The Morgan fingerprint density at radius 3 is 3.21 bits per heavy atom. The Morgan fingerprint density at radius 1 is 1.36 bits per heavy atom. The third-order valence-electron chi connectivity index (χ3n) is 3.69. The fourth-order valence-corrected chi connectivity index (χ4v) is 2.93. The molecule has 0 radical (unpaired) electrons. The number of fused-ring (bicyclic) bond motifs is 3. The maximum absolute atomic E-state index is 6.02. The van der Waals surface area contributed by atoms with Crippen LogP contribution < -0.4 is 5.73 Å². The average molecular weight is 188 g/mol. The van der Waals surface area contributed by atoms with Gasteiger partial charge in [-0.3, -0.25) is 4.99 Å². The van der Waals surface area contributed by atoms with E-state index in [1.165, 1.54) is 11.4 Å². The average Bonchev–Trinajstić information content (AvgIpc) is 2.56. The third-order valence-corrected chi connectivity index (χ3v) is 3.69. The van der Waals surface area contributed by atoms with Crippen molar-refractivity contribution in [2.24, 2.45) is 22.6 Å². The predicted molar refractivity (Wildman–Crippen MR) is 58.1 cm³/mol. The molecule has 1 fully saturated rings. The van der Waals surface area contributed by atoms with Gasteiger partial charge in [-0.2, -0.15) is 0 Å². The van der Waals surface area contributed by atoms with E-state index in [1.54, 1.807) is 0 Å². The number of nitrogens with two attached hydrogens (primary N) is 1. The molecule has 0 saturated heterocycles. The van der Waals surface area contributed by atoms with Crippen LogP contribution in [-0.4, -0.2) is 11.8 Å². The molecule has 0 amide bonds. The van der Waals surface area contributed by atoms with E-state index >= 15 is 0 Å². The van der Waals surface area contributed by atoms with E-state index in [1.807, 2.05) is 0 Å². The van der Waals surface area contributed by atoms with Gasteiger partial charge in [-0.1, -0.05) is 12.2 Å². The Morgan fingerprint density at radius 2 is 2.29 bits per heavy atom. The van der Waals surface area contributed by atoms with Crippen molar-refractivity contribution in [1.82, 2.24) is 0 Å². The van der Waals surface area contributed by atoms with Gasteiger partial charge in [-0.25, -0.2) is 0 Å². The number of aliphatic imine (C=N–C) groups is 1. The number of hydrogen-bond acceptors (Lipinski definition) is 2. The smallest absolute Gasteiger partial charge is 0.0443 e. The summed E-state index contributed by atoms with van der Waals surface area (Å²) in [4.78, 5) is 4.74. The van der Waals surface area contributed by atoms with Gasteiger partial charge >= 0.3 is 0 Å². The van der Waals surface area contributed by atoms with Gasteiger partial charge in [0.25, 0.3) is 0 Å². The zero-order valence-electron chi connectivity index (χ0n) is 8.32. The molecule has 3 unspecified atom stereocenters. The van der Waals surface area contributed by atoms with E-state index in [-0.39, 0.29) is 0 Å². The standard InChI is InChI=1S/C12H16N2/c13-8-5-6-12-10(7-8)9-3-1-2-4-11(9)14-12/h1-2,4,8-10H,3,5-7,13H2. The Kier molecular flexibility index (Phi) is 1.84. The number of nitrogens with zero attached hydrogens (tertiary/aromatic N) is 1. The highest BCUT2D eigenvalue weighted by molar-refractivity contribution is 5.91. The first-order valence-electron chi connectivity index (χ1n) is 5.54. The first-order valence-corrected chi connectivity index (χ1v) is 5.54. The van der Waals surface area contributed by atoms with Crippen LogP contribution in [0.3, 0.4) is 0 Å². The maximum Gasteiger partial charge on any atom is 0.0443 e. The molecule has 3 rings (SSSR count). The van der Waals surface area contributed by atoms with Gasteiger partial charge in [-0.15, -0.1) is 0 Å². The van der Waals surface area contributed by atoms with E-state index in [0.717, 1.165) is 25.7 Å². The second-order valence-corrected chi connectivity index (χ2v) is 4.61. The van der Waals surface area contributed by atoms with E-state index in [4.69, 9.17) is 10.7 Å². The summed E-state index contributed by atoms with van der Waals surface area (Å²) < 4.78 is 0. The fraction of sp³-hybridized carbons (Fsp3) is 0.583. The van der Waals surface area contributed by atoms with Crippen molar-refractivity contribution in [3.8, 4) is 0 Å². The van der Waals surface area contributed by atoms with Crippen LogP contribution >= 0.6 is 0 Å². The van der Waals surface area contributed by atoms with E-state index in [2.05, 4.69) is 18.2 Å². The lowest BCUT2D eigenvalue weighted by atomic mass is 9.76. The Bertz CT molecular complexity index is 338. The molecule has 0 bridgehead atoms. The zero-order valence-corrected chi connectivity index (χ0v) is 8.32. The minimum Gasteiger partial charge on any atom is -0.328 e. The van der Waals surface area contributed by atoms with Crippen LogP contribution in [0.2, 0.25) is 0 Å². The summed E-state index contributed by atoms with van der Waals surface area (Å²) in [5.41, 5.74) is 8.75. The molecule has 0 aromatic heterocycles. The Balaban J connectivity index is 1.91. The van der Waals surface area contributed by atoms with E-state index < -0.39 is 0 Å². The summed E-state index contributed by atoms with van der Waals surface area (Å²) in [6, 6.07) is 0.407. The summed E-state index contributed by atoms with van der Waals surface area (Å²) in [5.74, 6) is 1.32. The molecule has 3 atom stereocenters. The van der Waals surface area contributed by atoms with Gasteiger partial charge in [0, 0.05) is 29.3 Å². The molecule has 14 heavy (non-hydrogen) atoms. The van der Waals surface area contributed by atoms with Crippen LogP contribution in [-0.2, 0) is 0 Å². The molecule has 3 aliphatic rings. The maximum atomic E-state index is 6.02. The zero-order chi connectivity index (χ0) is 9.54. The molecule has 1 aliphatic heterocycles. The molecule has 2 aliphatic carbocycles. The minimum absolute atomic E-state index is 0.407. The molecule has 1 heterocycles. The molecule has 0 spiro atoms. The van der Waals surface area contributed by atoms with Gasteiger partial charge in [0.15, 0.2) is 0 Å². The van der Waals surface area contributed by atoms with Gasteiger partial charge in [-0.05, 0) is 31.8 Å². The highest BCUT2D eigenvalue weighted by atomic mass is 14.9. The first kappa shape index (κ1) is 8.42. The van der Waals surface area contributed by atoms with Crippen molar-refractivity contribution < 1.29 is 0 Å². The van der Waals surface area contributed by atoms with E-state index in [9.17, 15) is 0 Å². The molecule has 1 saturated carbocycles. The largest absolute Gasteiger partial charge is 0.328 e. The number of rotatable bonds is 0. The summed E-state index contributed by atoms with van der Waals surface area (Å²) >= 11 is 0. The summed E-state index contributed by atoms with van der Waals surface area (Å²) in [5, 5.41) is 0. The second kappa shape index (κ2) is 3.06. The minimum atomic E-state index is 0.407. The Hall–Kier alpha value is -0.890. The summed E-state index contributed by atoms with van der Waals surface area (Å²) in [7, 11) is 0. The molecule has 74 valence electrons. The topological polar surface area (TPSA) is 38.4 Å². The molecule has 2 N–H and O–H groups in total. The van der Waals surface area contributed by atoms with Crippen molar-refractivity contribution in [1.29, 1.82) is 0 Å². The molecule has 0 aromatic carbocycles. The SMILES string of the molecule is NC1CCC2=NC3=CC=CCC3C2C1. The summed E-state index contributed by atoms with van der Waals surface area (Å²) in [6.07, 6.45) is 11.1. The normalized spacial score (nSPS) is 39.9. The van der Waals surface area contributed by atoms with Gasteiger partial charge < -0.3 is 5.73 Å². The third kappa shape index (κ3) is 1.17. The molecular formula is C12H16N2. The second-order valence-electron chi connectivity index (χ2n) is 4.61. The van der Waals surface area contributed by atoms with Crippen LogP contribution in [0, 0.1) is 11.8 Å². The molecule has 0 aromatic rings. The fourth-order valence-electron chi connectivity index (χ4n) is 2.93. The monoisotopic (exact) mass is 188 g/mol. The van der Waals surface area contributed by atoms with Crippen LogP contribution in [0.5, 0.6) is 0 Å². The molecule has 2 heteroatoms. The van der Waals surface area contributed by atoms with Crippen molar-refractivity contribution in [3.63, 3.8) is 0 Å². The van der Waals surface area contributed by atoms with Gasteiger partial charge in [0.1, 0.15) is 0 Å². The lowest BCUT2D eigenvalue weighted by Gasteiger charge is -2.29. The van der Waals surface area contributed by atoms with Crippen molar-refractivity contribution in [2.75, 3.05) is 0 Å². The predicted octanol–water partition coefficient (Wildman–Crippen LogP) is 2.03. The lowest BCUT2D eigenvalue weighted by molar-refractivity contribution is 0.393. The highest BCUT2D eigenvalue weighted by Gasteiger charge is 2.38. The molecule has 2 nitrogen and oxygen atoms in total. The van der Waals surface area contributed by atoms with Crippen LogP contribution in [0.4, 0.5) is 0 Å². The Labute approximate surface area is 84.6 Å². The number of hydrogen-bond donors (Lipinski definition) is 1. The van der Waals surface area contributed by atoms with Crippen molar-refractivity contribution in [3.05, 3.63) is 23.9 Å². The quantitative estimate of drug-likeness (QED) is 0.620. The van der Waals surface area contributed by atoms with Crippen molar-refractivity contribution >= 4 is 5.71 Å². The van der Waals surface area contributed by atoms with Crippen LogP contribution in [0.15, 0.2) is 28.9 Å². The number of allylic oxidation sites excluding steroid dienone is 4. The lowest BCUT2D eigenvalue weighted by Crippen LogP contribution is -2.34. The van der Waals surface area contributed by atoms with Crippen LogP contribution in [0.25, 0.3) is 0 Å². The van der Waals surface area contributed by atoms with Gasteiger partial charge in [0.05, 0.1) is 0 Å². The van der Waals surface area contributed by atoms with Gasteiger partial charge in [0.2, 0.25) is 0 Å². The highest BCUT2D eigenvalue weighted by Crippen LogP contribution is 2.41. The molecular weight excluding hydrogens is 172 g/mol. The summed E-state index contributed by atoms with van der Waals surface area (Å²) in [6.45, 7) is 0. The van der Waals surface area contributed by atoms with Crippen molar-refractivity contribution in [2.45, 2.75) is 31.7 Å². The first-order chi connectivity index (χ1) is 6.84. The van der Waals surface area contributed by atoms with E-state index in [0.29, 0.717) is 17.9 Å².